The fourth-order valence-electron chi connectivity index (χ4n) is 1.71. The van der Waals surface area contributed by atoms with Crippen LogP contribution in [0.15, 0.2) is 5.16 Å². The Balaban J connectivity index is 1.92. The molecule has 0 radical (unpaired) electrons. The molecule has 9 heteroatoms. The van der Waals surface area contributed by atoms with E-state index in [9.17, 15) is 9.59 Å². The summed E-state index contributed by atoms with van der Waals surface area (Å²) in [4.78, 5) is 35.7. The van der Waals surface area contributed by atoms with Crippen molar-refractivity contribution >= 4 is 40.1 Å². The monoisotopic (exact) mass is 354 g/mol. The number of hydrogen-bond acceptors (Lipinski definition) is 7. The molecule has 0 atom stereocenters. The van der Waals surface area contributed by atoms with E-state index in [1.807, 2.05) is 13.8 Å². The number of aryl methyl sites for hydroxylation is 3. The molecule has 0 bridgehead atoms. The predicted octanol–water partition coefficient (Wildman–Crippen LogP) is 2.70. The molecule has 0 saturated carbocycles. The highest BCUT2D eigenvalue weighted by Crippen LogP contribution is 2.24. The lowest BCUT2D eigenvalue weighted by atomic mass is 10.4. The normalized spacial score (nSPS) is 10.6. The molecule has 0 spiro atoms. The van der Waals surface area contributed by atoms with Crippen molar-refractivity contribution in [1.82, 2.24) is 15.0 Å². The van der Waals surface area contributed by atoms with Crippen molar-refractivity contribution in [3.8, 4) is 0 Å². The van der Waals surface area contributed by atoms with Crippen LogP contribution in [-0.4, -0.2) is 39.2 Å². The summed E-state index contributed by atoms with van der Waals surface area (Å²) in [5.74, 6) is -0.412. The van der Waals surface area contributed by atoms with Crippen LogP contribution in [-0.2, 0) is 9.53 Å². The Hall–Kier alpha value is -1.87. The third kappa shape index (κ3) is 4.55. The van der Waals surface area contributed by atoms with Crippen LogP contribution < -0.4 is 5.32 Å². The Labute approximate surface area is 142 Å². The molecule has 0 unspecified atom stereocenters. The number of amides is 1. The summed E-state index contributed by atoms with van der Waals surface area (Å²) in [6, 6.07) is 0. The van der Waals surface area contributed by atoms with Crippen LogP contribution in [0.4, 0.5) is 5.13 Å². The first-order valence-corrected chi connectivity index (χ1v) is 8.81. The van der Waals surface area contributed by atoms with E-state index in [2.05, 4.69) is 20.3 Å². The quantitative estimate of drug-likeness (QED) is 0.611. The van der Waals surface area contributed by atoms with E-state index >= 15 is 0 Å². The molecular formula is C14H18N4O3S2. The molecule has 2 aromatic heterocycles. The topological polar surface area (TPSA) is 97.0 Å². The van der Waals surface area contributed by atoms with Gasteiger partial charge in [0.1, 0.15) is 4.88 Å². The summed E-state index contributed by atoms with van der Waals surface area (Å²) >= 11 is 2.43. The first-order chi connectivity index (χ1) is 10.9. The first kappa shape index (κ1) is 17.5. The maximum absolute atomic E-state index is 12.0. The lowest BCUT2D eigenvalue weighted by molar-refractivity contribution is -0.113. The minimum atomic E-state index is -0.418. The largest absolute Gasteiger partial charge is 0.462 e. The molecule has 0 aliphatic heterocycles. The zero-order valence-corrected chi connectivity index (χ0v) is 15.0. The van der Waals surface area contributed by atoms with Gasteiger partial charge < -0.3 is 15.0 Å². The number of hydrogen-bond donors (Lipinski definition) is 2. The zero-order valence-electron chi connectivity index (χ0n) is 13.3. The highest BCUT2D eigenvalue weighted by atomic mass is 32.2. The third-order valence-corrected chi connectivity index (χ3v) is 4.88. The molecule has 2 aromatic rings. The smallest absolute Gasteiger partial charge is 0.350 e. The van der Waals surface area contributed by atoms with Crippen molar-refractivity contribution in [1.29, 1.82) is 0 Å². The lowest BCUT2D eigenvalue weighted by Gasteiger charge is -1.99. The van der Waals surface area contributed by atoms with Crippen molar-refractivity contribution < 1.29 is 14.3 Å². The van der Waals surface area contributed by atoms with E-state index in [4.69, 9.17) is 4.74 Å². The Morgan fingerprint density at radius 2 is 2.00 bits per heavy atom. The molecule has 0 aliphatic carbocycles. The average molecular weight is 354 g/mol. The number of imidazole rings is 1. The van der Waals surface area contributed by atoms with Crippen LogP contribution >= 0.6 is 23.1 Å². The molecule has 23 heavy (non-hydrogen) atoms. The van der Waals surface area contributed by atoms with Gasteiger partial charge in [-0.25, -0.2) is 14.8 Å². The summed E-state index contributed by atoms with van der Waals surface area (Å²) in [5.41, 5.74) is 2.46. The number of esters is 1. The number of nitrogens with zero attached hydrogens (tertiary/aromatic N) is 2. The van der Waals surface area contributed by atoms with Crippen molar-refractivity contribution in [2.75, 3.05) is 17.7 Å². The minimum absolute atomic E-state index is 0.203. The summed E-state index contributed by atoms with van der Waals surface area (Å²) in [5, 5.41) is 3.79. The van der Waals surface area contributed by atoms with E-state index in [0.717, 1.165) is 22.7 Å². The lowest BCUT2D eigenvalue weighted by Crippen LogP contribution is -2.13. The van der Waals surface area contributed by atoms with Gasteiger partial charge in [0.2, 0.25) is 5.91 Å². The van der Waals surface area contributed by atoms with Gasteiger partial charge in [0.05, 0.1) is 23.7 Å². The molecule has 2 rings (SSSR count). The van der Waals surface area contributed by atoms with Gasteiger partial charge in [-0.15, -0.1) is 0 Å². The van der Waals surface area contributed by atoms with E-state index in [0.29, 0.717) is 27.5 Å². The number of H-pyrrole nitrogens is 1. The molecule has 124 valence electrons. The van der Waals surface area contributed by atoms with Gasteiger partial charge in [0, 0.05) is 5.69 Å². The van der Waals surface area contributed by atoms with Crippen LogP contribution in [0.5, 0.6) is 0 Å². The third-order valence-electron chi connectivity index (χ3n) is 2.95. The Kier molecular flexibility index (Phi) is 5.78. The summed E-state index contributed by atoms with van der Waals surface area (Å²) in [6.07, 6.45) is 0. The molecule has 0 aromatic carbocycles. The number of aromatic nitrogens is 3. The zero-order chi connectivity index (χ0) is 17.0. The van der Waals surface area contributed by atoms with Gasteiger partial charge in [-0.1, -0.05) is 23.1 Å². The van der Waals surface area contributed by atoms with Crippen molar-refractivity contribution in [3.05, 3.63) is 22.0 Å². The standard InChI is InChI=1S/C14H18N4O3S2/c1-5-21-12(20)11-9(4)17-14(23-11)18-10(19)6-22-13-15-7(2)8(3)16-13/h5-6H2,1-4H3,(H,15,16)(H,17,18,19). The highest BCUT2D eigenvalue weighted by Gasteiger charge is 2.17. The van der Waals surface area contributed by atoms with Crippen molar-refractivity contribution in [3.63, 3.8) is 0 Å². The van der Waals surface area contributed by atoms with E-state index in [1.165, 1.54) is 11.8 Å². The molecule has 0 aliphatic rings. The fourth-order valence-corrected chi connectivity index (χ4v) is 3.35. The Bertz CT molecular complexity index is 704. The number of ether oxygens (including phenoxy) is 1. The summed E-state index contributed by atoms with van der Waals surface area (Å²) in [7, 11) is 0. The second kappa shape index (κ2) is 7.60. The number of anilines is 1. The maximum atomic E-state index is 12.0. The number of carbonyl (C=O) groups is 2. The van der Waals surface area contributed by atoms with Crippen molar-refractivity contribution in [2.45, 2.75) is 32.9 Å². The van der Waals surface area contributed by atoms with Gasteiger partial charge >= 0.3 is 5.97 Å². The number of aromatic amines is 1. The van der Waals surface area contributed by atoms with Gasteiger partial charge in [-0.05, 0) is 27.7 Å². The predicted molar refractivity (Wildman–Crippen MR) is 90.2 cm³/mol. The number of thiazole rings is 1. The first-order valence-electron chi connectivity index (χ1n) is 7.01. The summed E-state index contributed by atoms with van der Waals surface area (Å²) in [6.45, 7) is 7.59. The molecule has 0 fully saturated rings. The fraction of sp³-hybridized carbons (Fsp3) is 0.429. The van der Waals surface area contributed by atoms with Gasteiger partial charge in [0.15, 0.2) is 10.3 Å². The average Bonchev–Trinajstić information content (AvgIpc) is 3.00. The number of carbonyl (C=O) groups excluding carboxylic acids is 2. The van der Waals surface area contributed by atoms with E-state index in [1.54, 1.807) is 13.8 Å². The minimum Gasteiger partial charge on any atom is -0.462 e. The second-order valence-electron chi connectivity index (χ2n) is 4.74. The Morgan fingerprint density at radius 1 is 1.26 bits per heavy atom. The molecule has 2 heterocycles. The molecule has 1 amide bonds. The van der Waals surface area contributed by atoms with Crippen LogP contribution in [0.25, 0.3) is 0 Å². The van der Waals surface area contributed by atoms with Crippen LogP contribution in [0.1, 0.15) is 33.7 Å². The van der Waals surface area contributed by atoms with Gasteiger partial charge in [0.25, 0.3) is 0 Å². The van der Waals surface area contributed by atoms with Crippen molar-refractivity contribution in [2.24, 2.45) is 0 Å². The van der Waals surface area contributed by atoms with Gasteiger partial charge in [-0.3, -0.25) is 4.79 Å². The number of rotatable bonds is 6. The van der Waals surface area contributed by atoms with Crippen LogP contribution in [0.2, 0.25) is 0 Å². The van der Waals surface area contributed by atoms with E-state index < -0.39 is 5.97 Å². The molecule has 0 saturated heterocycles. The van der Waals surface area contributed by atoms with E-state index in [-0.39, 0.29) is 11.7 Å². The summed E-state index contributed by atoms with van der Waals surface area (Å²) < 4.78 is 4.95. The molecular weight excluding hydrogens is 336 g/mol. The van der Waals surface area contributed by atoms with Gasteiger partial charge in [-0.2, -0.15) is 0 Å². The number of nitrogens with one attached hydrogen (secondary N) is 2. The number of thioether (sulfide) groups is 1. The van der Waals surface area contributed by atoms with Crippen LogP contribution in [0.3, 0.4) is 0 Å². The molecule has 7 nitrogen and oxygen atoms in total. The van der Waals surface area contributed by atoms with Crippen LogP contribution in [0, 0.1) is 20.8 Å². The highest BCUT2D eigenvalue weighted by molar-refractivity contribution is 7.99. The Morgan fingerprint density at radius 3 is 2.61 bits per heavy atom. The SMILES string of the molecule is CCOC(=O)c1sc(NC(=O)CSc2nc(C)c(C)[nH]2)nc1C. The second-order valence-corrected chi connectivity index (χ2v) is 6.71. The molecule has 2 N–H and O–H groups in total. The maximum Gasteiger partial charge on any atom is 0.350 e.